The average Bonchev–Trinajstić information content (AvgIpc) is 2.33. The number of hydrogen-bond donors (Lipinski definition) is 2. The first-order valence-corrected chi connectivity index (χ1v) is 5.92. The minimum atomic E-state index is -2.37. The van der Waals surface area contributed by atoms with Gasteiger partial charge < -0.3 is 10.1 Å². The zero-order chi connectivity index (χ0) is 12.4. The molecule has 0 saturated carbocycles. The van der Waals surface area contributed by atoms with Crippen LogP contribution in [0.5, 0.6) is 5.75 Å². The van der Waals surface area contributed by atoms with Crippen LogP contribution in [-0.2, 0) is 10.3 Å². The molecule has 0 saturated heterocycles. The predicted molar refractivity (Wildman–Crippen MR) is 64.4 cm³/mol. The summed E-state index contributed by atoms with van der Waals surface area (Å²) in [5, 5.41) is 9.63. The number of pyridine rings is 1. The zero-order valence-corrected chi connectivity index (χ0v) is 9.49. The molecule has 2 rings (SSSR count). The van der Waals surface area contributed by atoms with Crippen molar-refractivity contribution < 1.29 is 13.5 Å². The van der Waals surface area contributed by atoms with Crippen molar-refractivity contribution in [2.75, 3.05) is 0 Å². The number of aromatic nitrogens is 1. The van der Waals surface area contributed by atoms with Gasteiger partial charge in [0.2, 0.25) is 10.3 Å². The summed E-state index contributed by atoms with van der Waals surface area (Å²) in [6.45, 7) is 0. The molecule has 0 atom stereocenters. The second kappa shape index (κ2) is 4.42. The van der Waals surface area contributed by atoms with Gasteiger partial charge in [0.15, 0.2) is 5.75 Å². The van der Waals surface area contributed by atoms with Crippen LogP contribution in [0, 0.1) is 0 Å². The van der Waals surface area contributed by atoms with Crippen LogP contribution in [0.4, 0.5) is 0 Å². The minimum Gasteiger partial charge on any atom is -0.503 e. The fourth-order valence-electron chi connectivity index (χ4n) is 1.63. The van der Waals surface area contributed by atoms with Crippen molar-refractivity contribution in [3.05, 3.63) is 46.4 Å². The highest BCUT2D eigenvalue weighted by Gasteiger charge is 2.17. The van der Waals surface area contributed by atoms with E-state index in [9.17, 15) is 18.3 Å². The van der Waals surface area contributed by atoms with Crippen molar-refractivity contribution >= 4 is 20.7 Å². The molecular weight excluding hydrogens is 242 g/mol. The van der Waals surface area contributed by atoms with E-state index in [-0.39, 0.29) is 16.8 Å². The van der Waals surface area contributed by atoms with Gasteiger partial charge in [-0.25, -0.2) is 0 Å². The van der Waals surface area contributed by atoms with Gasteiger partial charge in [0.25, 0.3) is 5.56 Å². The zero-order valence-electron chi connectivity index (χ0n) is 8.67. The molecule has 0 radical (unpaired) electrons. The van der Waals surface area contributed by atoms with Gasteiger partial charge in [-0.05, 0) is 6.07 Å². The first kappa shape index (κ1) is 11.4. The fourth-order valence-corrected chi connectivity index (χ4v) is 2.22. The molecule has 0 unspecified atom stereocenters. The number of aromatic amines is 1. The Hall–Kier alpha value is -2.08. The average molecular weight is 251 g/mol. The highest BCUT2D eigenvalue weighted by molar-refractivity contribution is 7.74. The second-order valence-electron chi connectivity index (χ2n) is 3.44. The Balaban J connectivity index is 2.72. The topological polar surface area (TPSA) is 87.2 Å². The van der Waals surface area contributed by atoms with Crippen molar-refractivity contribution in [1.82, 2.24) is 4.98 Å². The third-order valence-electron chi connectivity index (χ3n) is 2.43. The minimum absolute atomic E-state index is 0.161. The molecule has 5 nitrogen and oxygen atoms in total. The summed E-state index contributed by atoms with van der Waals surface area (Å²) in [5.74, 6) is -0.475. The molecule has 1 aliphatic carbocycles. The van der Waals surface area contributed by atoms with E-state index in [0.29, 0.717) is 5.57 Å². The van der Waals surface area contributed by atoms with E-state index in [4.69, 9.17) is 0 Å². The standard InChI is InChI=1S/C11H9NO4S/c13-10-8(5-6-12-11(10)14)7-3-1-2-4-9(7)17(15)16/h1-3,5-6,13H,4H2,(H,12,14). The lowest BCUT2D eigenvalue weighted by molar-refractivity contribution is 0.465. The van der Waals surface area contributed by atoms with Crippen molar-refractivity contribution in [3.8, 4) is 5.75 Å². The van der Waals surface area contributed by atoms with E-state index in [0.717, 1.165) is 0 Å². The van der Waals surface area contributed by atoms with Crippen molar-refractivity contribution in [2.45, 2.75) is 6.42 Å². The first-order chi connectivity index (χ1) is 8.11. The number of H-pyrrole nitrogens is 1. The molecular formula is C11H9NO4S. The third kappa shape index (κ3) is 2.07. The SMILES string of the molecule is O=c1[nH]ccc(C2=CC=CCC2=S(=O)=O)c1O. The quantitative estimate of drug-likeness (QED) is 0.710. The van der Waals surface area contributed by atoms with E-state index in [1.807, 2.05) is 0 Å². The smallest absolute Gasteiger partial charge is 0.290 e. The molecule has 2 N–H and O–H groups in total. The predicted octanol–water partition coefficient (Wildman–Crippen LogP) is 0.475. The Bertz CT molecular complexity index is 699. The van der Waals surface area contributed by atoms with Gasteiger partial charge in [0.05, 0.1) is 4.86 Å². The van der Waals surface area contributed by atoms with Crippen LogP contribution in [0.1, 0.15) is 12.0 Å². The lowest BCUT2D eigenvalue weighted by atomic mass is 9.97. The van der Waals surface area contributed by atoms with Crippen LogP contribution in [0.15, 0.2) is 35.3 Å². The van der Waals surface area contributed by atoms with Gasteiger partial charge in [-0.2, -0.15) is 8.42 Å². The maximum absolute atomic E-state index is 11.2. The molecule has 6 heteroatoms. The molecule has 0 fully saturated rings. The maximum Gasteiger partial charge on any atom is 0.290 e. The van der Waals surface area contributed by atoms with Crippen LogP contribution in [0.2, 0.25) is 0 Å². The number of allylic oxidation sites excluding steroid dienone is 4. The molecule has 1 aromatic heterocycles. The van der Waals surface area contributed by atoms with Crippen LogP contribution in [0.25, 0.3) is 5.57 Å². The van der Waals surface area contributed by atoms with E-state index in [1.54, 1.807) is 18.2 Å². The summed E-state index contributed by atoms with van der Waals surface area (Å²) in [7, 11) is -2.37. The summed E-state index contributed by atoms with van der Waals surface area (Å²) >= 11 is 0. The van der Waals surface area contributed by atoms with Crippen molar-refractivity contribution in [3.63, 3.8) is 0 Å². The Kier molecular flexibility index (Phi) is 2.97. The lowest BCUT2D eigenvalue weighted by Crippen LogP contribution is -2.11. The number of nitrogens with one attached hydrogen (secondary N) is 1. The maximum atomic E-state index is 11.2. The van der Waals surface area contributed by atoms with Crippen LogP contribution in [0.3, 0.4) is 0 Å². The summed E-state index contributed by atoms with van der Waals surface area (Å²) in [6.07, 6.45) is 6.56. The molecule has 0 aromatic carbocycles. The summed E-state index contributed by atoms with van der Waals surface area (Å²) < 4.78 is 22.1. The fraction of sp³-hybridized carbons (Fsp3) is 0.0909. The molecule has 1 aromatic rings. The second-order valence-corrected chi connectivity index (χ2v) is 4.40. The molecule has 1 aliphatic rings. The van der Waals surface area contributed by atoms with Gasteiger partial charge in [0, 0.05) is 23.8 Å². The van der Waals surface area contributed by atoms with Crippen LogP contribution >= 0.6 is 0 Å². The molecule has 17 heavy (non-hydrogen) atoms. The molecule has 1 heterocycles. The first-order valence-electron chi connectivity index (χ1n) is 4.84. The van der Waals surface area contributed by atoms with Crippen LogP contribution in [-0.4, -0.2) is 23.4 Å². The molecule has 0 aliphatic heterocycles. The van der Waals surface area contributed by atoms with Gasteiger partial charge in [-0.1, -0.05) is 18.2 Å². The summed E-state index contributed by atoms with van der Waals surface area (Å²) in [6, 6.07) is 1.47. The van der Waals surface area contributed by atoms with Crippen molar-refractivity contribution in [2.24, 2.45) is 0 Å². The largest absolute Gasteiger partial charge is 0.503 e. The van der Waals surface area contributed by atoms with Gasteiger partial charge in [-0.3, -0.25) is 4.79 Å². The Morgan fingerprint density at radius 3 is 2.82 bits per heavy atom. The highest BCUT2D eigenvalue weighted by Crippen LogP contribution is 2.25. The van der Waals surface area contributed by atoms with Gasteiger partial charge in [0.1, 0.15) is 0 Å². The lowest BCUT2D eigenvalue weighted by Gasteiger charge is -2.10. The van der Waals surface area contributed by atoms with Crippen molar-refractivity contribution in [1.29, 1.82) is 0 Å². The van der Waals surface area contributed by atoms with E-state index < -0.39 is 21.6 Å². The molecule has 0 bridgehead atoms. The Morgan fingerprint density at radius 1 is 1.35 bits per heavy atom. The van der Waals surface area contributed by atoms with E-state index in [1.165, 1.54) is 12.3 Å². The number of rotatable bonds is 1. The van der Waals surface area contributed by atoms with Gasteiger partial charge >= 0.3 is 0 Å². The van der Waals surface area contributed by atoms with E-state index >= 15 is 0 Å². The molecule has 0 amide bonds. The number of aromatic hydroxyl groups is 1. The third-order valence-corrected chi connectivity index (χ3v) is 3.22. The number of hydrogen-bond acceptors (Lipinski definition) is 4. The Morgan fingerprint density at radius 2 is 2.12 bits per heavy atom. The van der Waals surface area contributed by atoms with Crippen LogP contribution < -0.4 is 5.56 Å². The highest BCUT2D eigenvalue weighted by atomic mass is 32.2. The van der Waals surface area contributed by atoms with Gasteiger partial charge in [-0.15, -0.1) is 0 Å². The summed E-state index contributed by atoms with van der Waals surface area (Å²) in [4.78, 5) is 13.7. The van der Waals surface area contributed by atoms with E-state index in [2.05, 4.69) is 4.98 Å². The Labute approximate surface area is 98.3 Å². The molecule has 88 valence electrons. The normalized spacial score (nSPS) is 14.6. The summed E-state index contributed by atoms with van der Waals surface area (Å²) in [5.41, 5.74) is -0.0734. The molecule has 0 spiro atoms. The monoisotopic (exact) mass is 251 g/mol.